The van der Waals surface area contributed by atoms with Crippen molar-refractivity contribution in [2.24, 2.45) is 11.8 Å². The van der Waals surface area contributed by atoms with E-state index in [1.54, 1.807) is 0 Å². The Hall–Kier alpha value is -1.88. The molecule has 0 heterocycles. The Bertz CT molecular complexity index is 905. The summed E-state index contributed by atoms with van der Waals surface area (Å²) in [6, 6.07) is 10.9. The van der Waals surface area contributed by atoms with Crippen molar-refractivity contribution in [3.8, 4) is 0 Å². The minimum atomic E-state index is -0.00243. The Labute approximate surface area is 348 Å². The highest BCUT2D eigenvalue weighted by molar-refractivity contribution is 5.69. The first kappa shape index (κ1) is 52.1. The van der Waals surface area contributed by atoms with Gasteiger partial charge in [0.25, 0.3) is 0 Å². The molecule has 0 bridgehead atoms. The van der Waals surface area contributed by atoms with Gasteiger partial charge in [-0.1, -0.05) is 199 Å². The van der Waals surface area contributed by atoms with Crippen molar-refractivity contribution < 1.29 is 19.1 Å². The number of benzene rings is 1. The maximum Gasteiger partial charge on any atom is 0.305 e. The van der Waals surface area contributed by atoms with Crippen LogP contribution in [0.4, 0.5) is 0 Å². The summed E-state index contributed by atoms with van der Waals surface area (Å²) < 4.78 is 11.2. The number of nitrogens with zero attached hydrogens (tertiary/aromatic N) is 1. The molecule has 5 nitrogen and oxygen atoms in total. The molecule has 0 atom stereocenters. The Morgan fingerprint density at radius 1 is 0.446 bits per heavy atom. The largest absolute Gasteiger partial charge is 0.466 e. The normalized spacial score (nSPS) is 11.6. The Kier molecular flexibility index (Phi) is 37.2. The predicted molar refractivity (Wildman–Crippen MR) is 241 cm³/mol. The fourth-order valence-corrected chi connectivity index (χ4v) is 8.24. The lowest BCUT2D eigenvalue weighted by Crippen LogP contribution is -2.25. The maximum absolute atomic E-state index is 12.4. The third-order valence-corrected chi connectivity index (χ3v) is 11.9. The van der Waals surface area contributed by atoms with E-state index in [0.29, 0.717) is 26.1 Å². The number of unbranched alkanes of at least 4 members (excludes halogenated alkanes) is 16. The molecule has 0 fully saturated rings. The molecule has 0 aliphatic rings. The molecule has 0 amide bonds. The van der Waals surface area contributed by atoms with Gasteiger partial charge in [0.05, 0.1) is 13.2 Å². The third kappa shape index (κ3) is 33.1. The predicted octanol–water partition coefficient (Wildman–Crippen LogP) is 15.4. The van der Waals surface area contributed by atoms with E-state index in [1.165, 1.54) is 160 Å². The van der Waals surface area contributed by atoms with Crippen LogP contribution in [0.2, 0.25) is 0 Å². The smallest absolute Gasteiger partial charge is 0.305 e. The topological polar surface area (TPSA) is 55.8 Å². The van der Waals surface area contributed by atoms with Crippen LogP contribution in [0, 0.1) is 11.8 Å². The minimum Gasteiger partial charge on any atom is -0.466 e. The number of rotatable bonds is 42. The van der Waals surface area contributed by atoms with Crippen LogP contribution in [0.15, 0.2) is 30.3 Å². The van der Waals surface area contributed by atoms with Gasteiger partial charge >= 0.3 is 11.9 Å². The third-order valence-electron chi connectivity index (χ3n) is 11.9. The number of carbonyl (C=O) groups is 2. The highest BCUT2D eigenvalue weighted by Crippen LogP contribution is 2.24. The van der Waals surface area contributed by atoms with E-state index in [1.807, 2.05) is 0 Å². The number of carbonyl (C=O) groups excluding carboxylic acids is 2. The molecule has 5 heteroatoms. The van der Waals surface area contributed by atoms with Crippen molar-refractivity contribution >= 4 is 11.9 Å². The van der Waals surface area contributed by atoms with E-state index < -0.39 is 0 Å². The zero-order chi connectivity index (χ0) is 40.6. The zero-order valence-corrected chi connectivity index (χ0v) is 37.8. The molecule has 1 aromatic carbocycles. The second kappa shape index (κ2) is 39.9. The molecule has 0 unspecified atom stereocenters. The van der Waals surface area contributed by atoms with Gasteiger partial charge in [0, 0.05) is 19.4 Å². The molecule has 0 radical (unpaired) electrons. The average molecular weight is 784 g/mol. The molecule has 0 saturated carbocycles. The minimum absolute atomic E-state index is 0.00243. The molecule has 0 N–H and O–H groups in total. The van der Waals surface area contributed by atoms with E-state index in [4.69, 9.17) is 9.47 Å². The van der Waals surface area contributed by atoms with Gasteiger partial charge in [-0.05, 0) is 81.9 Å². The Morgan fingerprint density at radius 2 is 0.804 bits per heavy atom. The molecule has 0 saturated heterocycles. The Morgan fingerprint density at radius 3 is 1.20 bits per heavy atom. The SMILES string of the molecule is CCCCCC(CCCCC)CCCOC(=O)CCCCCCCN(CCCCCCCC(=O)OCCCC(CCCCC)CCCCC)Cc1ccccc1. The number of hydrogen-bond donors (Lipinski definition) is 0. The molecular weight excluding hydrogens is 691 g/mol. The van der Waals surface area contributed by atoms with Crippen molar-refractivity contribution in [1.82, 2.24) is 4.90 Å². The summed E-state index contributed by atoms with van der Waals surface area (Å²) in [4.78, 5) is 27.3. The van der Waals surface area contributed by atoms with E-state index >= 15 is 0 Å². The summed E-state index contributed by atoms with van der Waals surface area (Å²) in [5, 5.41) is 0. The lowest BCUT2D eigenvalue weighted by atomic mass is 9.91. The summed E-state index contributed by atoms with van der Waals surface area (Å²) in [6.07, 6.45) is 38.2. The van der Waals surface area contributed by atoms with Gasteiger partial charge in [-0.2, -0.15) is 0 Å². The van der Waals surface area contributed by atoms with Crippen molar-refractivity contribution in [3.05, 3.63) is 35.9 Å². The molecule has 0 spiro atoms. The van der Waals surface area contributed by atoms with E-state index in [-0.39, 0.29) is 11.9 Å². The maximum atomic E-state index is 12.4. The van der Waals surface area contributed by atoms with Crippen molar-refractivity contribution in [1.29, 1.82) is 0 Å². The van der Waals surface area contributed by atoms with Crippen molar-refractivity contribution in [2.75, 3.05) is 26.3 Å². The van der Waals surface area contributed by atoms with Gasteiger partial charge in [-0.15, -0.1) is 0 Å². The Balaban J connectivity index is 2.19. The highest BCUT2D eigenvalue weighted by Gasteiger charge is 2.12. The lowest BCUT2D eigenvalue weighted by molar-refractivity contribution is -0.144. The quantitative estimate of drug-likeness (QED) is 0.0488. The van der Waals surface area contributed by atoms with Gasteiger partial charge in [0.2, 0.25) is 0 Å². The molecule has 326 valence electrons. The molecule has 0 aliphatic carbocycles. The summed E-state index contributed by atoms with van der Waals surface area (Å²) in [5.74, 6) is 1.61. The van der Waals surface area contributed by atoms with Crippen LogP contribution in [-0.2, 0) is 25.6 Å². The van der Waals surface area contributed by atoms with Gasteiger partial charge in [-0.3, -0.25) is 14.5 Å². The summed E-state index contributed by atoms with van der Waals surface area (Å²) in [5.41, 5.74) is 1.39. The number of esters is 2. The van der Waals surface area contributed by atoms with Crippen molar-refractivity contribution in [2.45, 2.75) is 240 Å². The summed E-state index contributed by atoms with van der Waals surface area (Å²) in [6.45, 7) is 13.6. The molecule has 0 aromatic heterocycles. The van der Waals surface area contributed by atoms with Crippen LogP contribution in [-0.4, -0.2) is 43.1 Å². The van der Waals surface area contributed by atoms with Crippen LogP contribution in [0.25, 0.3) is 0 Å². The van der Waals surface area contributed by atoms with Crippen LogP contribution in [0.1, 0.15) is 239 Å². The second-order valence-electron chi connectivity index (χ2n) is 17.2. The molecule has 0 aliphatic heterocycles. The standard InChI is InChI=1S/C51H93NO4/c1-5-9-20-32-47(33-21-10-6-2)38-30-44-55-50(53)40-26-15-13-17-28-42-52(46-49-36-24-19-25-37-49)43-29-18-14-16-27-41-51(54)56-45-31-39-48(34-22-11-7-3)35-23-12-8-4/h19,24-25,36-37,47-48H,5-18,20-23,26-35,38-46H2,1-4H3. The van der Waals surface area contributed by atoms with Gasteiger partial charge in [-0.25, -0.2) is 0 Å². The number of ether oxygens (including phenoxy) is 2. The first-order valence-electron chi connectivity index (χ1n) is 24.6. The van der Waals surface area contributed by atoms with Crippen molar-refractivity contribution in [3.63, 3.8) is 0 Å². The molecule has 1 aromatic rings. The van der Waals surface area contributed by atoms with Gasteiger partial charge < -0.3 is 9.47 Å². The van der Waals surface area contributed by atoms with Gasteiger partial charge in [0.15, 0.2) is 0 Å². The number of hydrogen-bond acceptors (Lipinski definition) is 5. The zero-order valence-electron chi connectivity index (χ0n) is 37.8. The van der Waals surface area contributed by atoms with Crippen LogP contribution >= 0.6 is 0 Å². The fraction of sp³-hybridized carbons (Fsp3) is 0.843. The van der Waals surface area contributed by atoms with Crippen LogP contribution < -0.4 is 0 Å². The van der Waals surface area contributed by atoms with E-state index in [9.17, 15) is 9.59 Å². The molecule has 56 heavy (non-hydrogen) atoms. The van der Waals surface area contributed by atoms with Crippen LogP contribution in [0.5, 0.6) is 0 Å². The van der Waals surface area contributed by atoms with E-state index in [2.05, 4.69) is 62.9 Å². The summed E-state index contributed by atoms with van der Waals surface area (Å²) >= 11 is 0. The first-order chi connectivity index (χ1) is 27.5. The van der Waals surface area contributed by atoms with E-state index in [0.717, 1.165) is 70.0 Å². The molecule has 1 rings (SSSR count). The second-order valence-corrected chi connectivity index (χ2v) is 17.2. The fourth-order valence-electron chi connectivity index (χ4n) is 8.24. The first-order valence-corrected chi connectivity index (χ1v) is 24.6. The monoisotopic (exact) mass is 784 g/mol. The lowest BCUT2D eigenvalue weighted by Gasteiger charge is -2.22. The average Bonchev–Trinajstić information content (AvgIpc) is 3.20. The van der Waals surface area contributed by atoms with Crippen LogP contribution in [0.3, 0.4) is 0 Å². The summed E-state index contributed by atoms with van der Waals surface area (Å²) in [7, 11) is 0. The highest BCUT2D eigenvalue weighted by atomic mass is 16.5. The van der Waals surface area contributed by atoms with Gasteiger partial charge in [0.1, 0.15) is 0 Å². The molecular formula is C51H93NO4.